The molecule has 2 aromatic rings. The van der Waals surface area contributed by atoms with E-state index >= 15 is 0 Å². The van der Waals surface area contributed by atoms with Gasteiger partial charge in [0, 0.05) is 6.54 Å². The Morgan fingerprint density at radius 3 is 2.21 bits per heavy atom. The molecule has 0 aliphatic carbocycles. The molecule has 2 amide bonds. The van der Waals surface area contributed by atoms with Gasteiger partial charge in [0.25, 0.3) is 0 Å². The molecule has 5 nitrogen and oxygen atoms in total. The molecule has 0 atom stereocenters. The number of hydrogen-bond donors (Lipinski definition) is 2. The summed E-state index contributed by atoms with van der Waals surface area (Å²) in [6.45, 7) is 0.322. The molecule has 126 valence electrons. The molecule has 0 saturated carbocycles. The van der Waals surface area contributed by atoms with Crippen molar-refractivity contribution in [1.29, 1.82) is 0 Å². The number of benzene rings is 2. The molecule has 2 N–H and O–H groups in total. The molecule has 0 saturated heterocycles. The summed E-state index contributed by atoms with van der Waals surface area (Å²) >= 11 is 11.9. The van der Waals surface area contributed by atoms with Crippen LogP contribution in [0.1, 0.15) is 12.0 Å². The first kappa shape index (κ1) is 18.1. The smallest absolute Gasteiger partial charge is 0.233 e. The van der Waals surface area contributed by atoms with E-state index in [1.807, 2.05) is 12.1 Å². The first-order chi connectivity index (χ1) is 11.5. The normalized spacial score (nSPS) is 10.1. The second-order valence-corrected chi connectivity index (χ2v) is 5.76. The van der Waals surface area contributed by atoms with Gasteiger partial charge in [-0.2, -0.15) is 0 Å². The quantitative estimate of drug-likeness (QED) is 0.766. The molecule has 0 bridgehead atoms. The summed E-state index contributed by atoms with van der Waals surface area (Å²) < 4.78 is 5.06. The number of nitrogens with one attached hydrogen (secondary N) is 2. The van der Waals surface area contributed by atoms with E-state index in [9.17, 15) is 9.59 Å². The number of amides is 2. The van der Waals surface area contributed by atoms with Crippen molar-refractivity contribution in [2.45, 2.75) is 13.0 Å². The number of halogens is 2. The van der Waals surface area contributed by atoms with E-state index in [4.69, 9.17) is 27.9 Å². The first-order valence-electron chi connectivity index (χ1n) is 7.13. The van der Waals surface area contributed by atoms with Gasteiger partial charge in [0.05, 0.1) is 22.8 Å². The van der Waals surface area contributed by atoms with Crippen LogP contribution >= 0.6 is 23.2 Å². The van der Waals surface area contributed by atoms with E-state index in [0.717, 1.165) is 11.3 Å². The summed E-state index contributed by atoms with van der Waals surface area (Å²) in [5.74, 6) is -0.148. The highest BCUT2D eigenvalue weighted by Gasteiger charge is 2.13. The third-order valence-electron chi connectivity index (χ3n) is 3.20. The van der Waals surface area contributed by atoms with Crippen molar-refractivity contribution in [3.63, 3.8) is 0 Å². The molecule has 24 heavy (non-hydrogen) atoms. The number of carbonyl (C=O) groups is 2. The predicted octanol–water partition coefficient (Wildman–Crippen LogP) is 3.65. The molecule has 0 heterocycles. The van der Waals surface area contributed by atoms with Crippen LogP contribution in [-0.2, 0) is 16.1 Å². The minimum Gasteiger partial charge on any atom is -0.497 e. The van der Waals surface area contributed by atoms with Crippen LogP contribution in [0.3, 0.4) is 0 Å². The van der Waals surface area contributed by atoms with Crippen LogP contribution < -0.4 is 15.4 Å². The molecule has 0 aliphatic heterocycles. The van der Waals surface area contributed by atoms with Crippen molar-refractivity contribution in [2.75, 3.05) is 12.4 Å². The van der Waals surface area contributed by atoms with E-state index in [0.29, 0.717) is 22.3 Å². The van der Waals surface area contributed by atoms with Crippen LogP contribution in [0.15, 0.2) is 42.5 Å². The lowest BCUT2D eigenvalue weighted by molar-refractivity contribution is -0.126. The number of rotatable bonds is 6. The van der Waals surface area contributed by atoms with Gasteiger partial charge >= 0.3 is 0 Å². The van der Waals surface area contributed by atoms with E-state index in [-0.39, 0.29) is 6.42 Å². The highest BCUT2D eigenvalue weighted by Crippen LogP contribution is 2.29. The molecule has 0 spiro atoms. The molecule has 0 fully saturated rings. The maximum absolute atomic E-state index is 11.9. The zero-order valence-corrected chi connectivity index (χ0v) is 14.4. The van der Waals surface area contributed by atoms with Gasteiger partial charge in [0.1, 0.15) is 12.2 Å². The zero-order valence-electron chi connectivity index (χ0n) is 12.9. The fourth-order valence-electron chi connectivity index (χ4n) is 1.95. The maximum atomic E-state index is 11.9. The van der Waals surface area contributed by atoms with Gasteiger partial charge < -0.3 is 15.4 Å². The van der Waals surface area contributed by atoms with Crippen LogP contribution in [0.2, 0.25) is 10.0 Å². The molecule has 0 unspecified atom stereocenters. The van der Waals surface area contributed by atoms with Gasteiger partial charge in [-0.05, 0) is 29.8 Å². The predicted molar refractivity (Wildman–Crippen MR) is 94.5 cm³/mol. The summed E-state index contributed by atoms with van der Waals surface area (Å²) in [5.41, 5.74) is 1.20. The van der Waals surface area contributed by atoms with Gasteiger partial charge in [-0.15, -0.1) is 0 Å². The summed E-state index contributed by atoms with van der Waals surface area (Å²) in [4.78, 5) is 23.8. The standard InChI is InChI=1S/C17H16Cl2N2O3/c1-24-12-7-5-11(6-8-12)10-20-15(22)9-16(23)21-17-13(18)3-2-4-14(17)19/h2-8H,9-10H2,1H3,(H,20,22)(H,21,23). The number of carbonyl (C=O) groups excluding carboxylic acids is 2. The number of anilines is 1. The summed E-state index contributed by atoms with van der Waals surface area (Å²) in [5, 5.41) is 5.85. The van der Waals surface area contributed by atoms with Gasteiger partial charge in [-0.25, -0.2) is 0 Å². The van der Waals surface area contributed by atoms with Crippen molar-refractivity contribution in [1.82, 2.24) is 5.32 Å². The van der Waals surface area contributed by atoms with Crippen LogP contribution in [-0.4, -0.2) is 18.9 Å². The van der Waals surface area contributed by atoms with Gasteiger partial charge in [0.15, 0.2) is 0 Å². The van der Waals surface area contributed by atoms with Crippen LogP contribution in [0.4, 0.5) is 5.69 Å². The fourth-order valence-corrected chi connectivity index (χ4v) is 2.45. The Labute approximate surface area is 149 Å². The lowest BCUT2D eigenvalue weighted by Gasteiger charge is -2.09. The number of methoxy groups -OCH3 is 1. The molecular weight excluding hydrogens is 351 g/mol. The minimum absolute atomic E-state index is 0.300. The monoisotopic (exact) mass is 366 g/mol. The first-order valence-corrected chi connectivity index (χ1v) is 7.88. The van der Waals surface area contributed by atoms with Crippen molar-refractivity contribution in [3.8, 4) is 5.75 Å². The summed E-state index contributed by atoms with van der Waals surface area (Å²) in [7, 11) is 1.58. The third-order valence-corrected chi connectivity index (χ3v) is 3.83. The average Bonchev–Trinajstić information content (AvgIpc) is 2.57. The molecule has 2 rings (SSSR count). The lowest BCUT2D eigenvalue weighted by atomic mass is 10.2. The molecular formula is C17H16Cl2N2O3. The topological polar surface area (TPSA) is 67.4 Å². The second kappa shape index (κ2) is 8.57. The highest BCUT2D eigenvalue weighted by atomic mass is 35.5. The Morgan fingerprint density at radius 2 is 1.62 bits per heavy atom. The van der Waals surface area contributed by atoms with Crippen LogP contribution in [0.25, 0.3) is 0 Å². The zero-order chi connectivity index (χ0) is 17.5. The SMILES string of the molecule is COc1ccc(CNC(=O)CC(=O)Nc2c(Cl)cccc2Cl)cc1. The summed E-state index contributed by atoms with van der Waals surface area (Å²) in [6, 6.07) is 12.1. The second-order valence-electron chi connectivity index (χ2n) is 4.95. The fraction of sp³-hybridized carbons (Fsp3) is 0.176. The Hall–Kier alpha value is -2.24. The van der Waals surface area contributed by atoms with Crippen molar-refractivity contribution in [3.05, 3.63) is 58.1 Å². The Balaban J connectivity index is 1.84. The molecule has 0 radical (unpaired) electrons. The molecule has 0 aromatic heterocycles. The Kier molecular flexibility index (Phi) is 6.46. The van der Waals surface area contributed by atoms with Crippen molar-refractivity contribution >= 4 is 40.7 Å². The van der Waals surface area contributed by atoms with Crippen molar-refractivity contribution < 1.29 is 14.3 Å². The molecule has 7 heteroatoms. The summed E-state index contributed by atoms with van der Waals surface area (Å²) in [6.07, 6.45) is -0.322. The van der Waals surface area contributed by atoms with E-state index < -0.39 is 11.8 Å². The number of hydrogen-bond acceptors (Lipinski definition) is 3. The Bertz CT molecular complexity index is 713. The largest absolute Gasteiger partial charge is 0.497 e. The Morgan fingerprint density at radius 1 is 1.00 bits per heavy atom. The maximum Gasteiger partial charge on any atom is 0.233 e. The van der Waals surface area contributed by atoms with Crippen molar-refractivity contribution in [2.24, 2.45) is 0 Å². The molecule has 2 aromatic carbocycles. The van der Waals surface area contributed by atoms with Crippen LogP contribution in [0.5, 0.6) is 5.75 Å². The molecule has 0 aliphatic rings. The number of para-hydroxylation sites is 1. The van der Waals surface area contributed by atoms with E-state index in [1.54, 1.807) is 37.4 Å². The minimum atomic E-state index is -0.489. The van der Waals surface area contributed by atoms with Gasteiger partial charge in [-0.3, -0.25) is 9.59 Å². The van der Waals surface area contributed by atoms with Crippen LogP contribution in [0, 0.1) is 0 Å². The van der Waals surface area contributed by atoms with E-state index in [1.165, 1.54) is 0 Å². The average molecular weight is 367 g/mol. The highest BCUT2D eigenvalue weighted by molar-refractivity contribution is 6.39. The van der Waals surface area contributed by atoms with Gasteiger partial charge in [0.2, 0.25) is 11.8 Å². The number of ether oxygens (including phenoxy) is 1. The van der Waals surface area contributed by atoms with E-state index in [2.05, 4.69) is 10.6 Å². The van der Waals surface area contributed by atoms with Gasteiger partial charge in [-0.1, -0.05) is 41.4 Å². The lowest BCUT2D eigenvalue weighted by Crippen LogP contribution is -2.27. The third kappa shape index (κ3) is 5.15.